The van der Waals surface area contributed by atoms with E-state index in [-0.39, 0.29) is 17.9 Å². The Bertz CT molecular complexity index is 313. The van der Waals surface area contributed by atoms with Crippen molar-refractivity contribution in [3.63, 3.8) is 0 Å². The molecule has 2 aliphatic rings. The molecule has 102 valence electrons. The van der Waals surface area contributed by atoms with Crippen LogP contribution in [0.15, 0.2) is 0 Å². The Kier molecular flexibility index (Phi) is 4.58. The van der Waals surface area contributed by atoms with Gasteiger partial charge in [0.25, 0.3) is 0 Å². The highest BCUT2D eigenvalue weighted by Crippen LogP contribution is 2.12. The lowest BCUT2D eigenvalue weighted by Crippen LogP contribution is -2.42. The first-order valence-electron chi connectivity index (χ1n) is 6.93. The molecule has 2 fully saturated rings. The minimum absolute atomic E-state index is 0.0499. The topological polar surface area (TPSA) is 61.4 Å². The highest BCUT2D eigenvalue weighted by atomic mass is 16.2. The van der Waals surface area contributed by atoms with Crippen LogP contribution in [-0.2, 0) is 9.59 Å². The third-order valence-corrected chi connectivity index (χ3v) is 3.71. The Balaban J connectivity index is 1.67. The molecule has 2 atom stereocenters. The van der Waals surface area contributed by atoms with E-state index in [2.05, 4.69) is 10.6 Å². The zero-order chi connectivity index (χ0) is 13.0. The lowest BCUT2D eigenvalue weighted by Gasteiger charge is -2.22. The molecule has 0 saturated carbocycles. The summed E-state index contributed by atoms with van der Waals surface area (Å²) in [6.07, 6.45) is 3.30. The molecule has 2 saturated heterocycles. The molecule has 0 bridgehead atoms. The molecule has 0 radical (unpaired) electrons. The number of nitrogens with zero attached hydrogens (tertiary/aromatic N) is 1. The van der Waals surface area contributed by atoms with Crippen LogP contribution in [0.5, 0.6) is 0 Å². The molecular weight excluding hydrogens is 230 g/mol. The first-order valence-corrected chi connectivity index (χ1v) is 6.93. The number of likely N-dealkylation sites (tertiary alicyclic amines) is 1. The van der Waals surface area contributed by atoms with E-state index in [4.69, 9.17) is 0 Å². The molecule has 2 rings (SSSR count). The lowest BCUT2D eigenvalue weighted by molar-refractivity contribution is -0.129. The maximum Gasteiger partial charge on any atom is 0.222 e. The molecule has 5 nitrogen and oxygen atoms in total. The quantitative estimate of drug-likeness (QED) is 0.731. The van der Waals surface area contributed by atoms with Crippen molar-refractivity contribution in [2.24, 2.45) is 5.92 Å². The normalized spacial score (nSPS) is 25.5. The van der Waals surface area contributed by atoms with Gasteiger partial charge in [0.15, 0.2) is 0 Å². The van der Waals surface area contributed by atoms with Crippen LogP contribution in [0.25, 0.3) is 0 Å². The molecule has 2 unspecified atom stereocenters. The van der Waals surface area contributed by atoms with E-state index in [1.54, 1.807) is 0 Å². The van der Waals surface area contributed by atoms with Crippen molar-refractivity contribution in [3.8, 4) is 0 Å². The van der Waals surface area contributed by atoms with Gasteiger partial charge in [0.1, 0.15) is 0 Å². The van der Waals surface area contributed by atoms with Crippen LogP contribution in [-0.4, -0.2) is 48.9 Å². The average molecular weight is 253 g/mol. The monoisotopic (exact) mass is 253 g/mol. The van der Waals surface area contributed by atoms with E-state index in [1.807, 2.05) is 11.8 Å². The molecule has 2 amide bonds. The molecule has 0 spiro atoms. The van der Waals surface area contributed by atoms with Gasteiger partial charge in [-0.1, -0.05) is 0 Å². The predicted octanol–water partition coefficient (Wildman–Crippen LogP) is 0.113. The van der Waals surface area contributed by atoms with E-state index in [9.17, 15) is 9.59 Å². The summed E-state index contributed by atoms with van der Waals surface area (Å²) >= 11 is 0. The number of hydrogen-bond donors (Lipinski definition) is 2. The van der Waals surface area contributed by atoms with Gasteiger partial charge < -0.3 is 15.5 Å². The summed E-state index contributed by atoms with van der Waals surface area (Å²) in [4.78, 5) is 25.2. The SMILES string of the molecule is CC(CN1CCCC1=O)NC(=O)CC1CCNC1. The average Bonchev–Trinajstić information content (AvgIpc) is 2.91. The van der Waals surface area contributed by atoms with Crippen molar-refractivity contribution in [1.82, 2.24) is 15.5 Å². The van der Waals surface area contributed by atoms with Crippen LogP contribution in [0.1, 0.15) is 32.6 Å². The highest BCUT2D eigenvalue weighted by Gasteiger charge is 2.23. The summed E-state index contributed by atoms with van der Waals surface area (Å²) in [5.74, 6) is 0.810. The Morgan fingerprint density at radius 3 is 3.06 bits per heavy atom. The van der Waals surface area contributed by atoms with Gasteiger partial charge in [-0.3, -0.25) is 9.59 Å². The molecule has 0 aromatic rings. The Morgan fingerprint density at radius 2 is 2.44 bits per heavy atom. The Morgan fingerprint density at radius 1 is 1.61 bits per heavy atom. The fourth-order valence-electron chi connectivity index (χ4n) is 2.76. The second-order valence-corrected chi connectivity index (χ2v) is 5.47. The number of nitrogens with one attached hydrogen (secondary N) is 2. The Labute approximate surface area is 108 Å². The van der Waals surface area contributed by atoms with E-state index in [0.717, 1.165) is 32.5 Å². The molecule has 2 aliphatic heterocycles. The minimum Gasteiger partial charge on any atom is -0.352 e. The fourth-order valence-corrected chi connectivity index (χ4v) is 2.76. The minimum atomic E-state index is 0.0499. The second-order valence-electron chi connectivity index (χ2n) is 5.47. The van der Waals surface area contributed by atoms with Crippen molar-refractivity contribution in [3.05, 3.63) is 0 Å². The number of rotatable bonds is 5. The molecule has 0 aromatic carbocycles. The van der Waals surface area contributed by atoms with E-state index >= 15 is 0 Å². The molecule has 2 N–H and O–H groups in total. The van der Waals surface area contributed by atoms with Crippen LogP contribution in [0.3, 0.4) is 0 Å². The summed E-state index contributed by atoms with van der Waals surface area (Å²) < 4.78 is 0. The third kappa shape index (κ3) is 3.70. The largest absolute Gasteiger partial charge is 0.352 e. The van der Waals surface area contributed by atoms with E-state index in [1.165, 1.54) is 0 Å². The maximum atomic E-state index is 11.8. The van der Waals surface area contributed by atoms with Gasteiger partial charge in [0.2, 0.25) is 11.8 Å². The molecule has 2 heterocycles. The third-order valence-electron chi connectivity index (χ3n) is 3.71. The first kappa shape index (κ1) is 13.3. The summed E-state index contributed by atoms with van der Waals surface area (Å²) in [7, 11) is 0. The van der Waals surface area contributed by atoms with Gasteiger partial charge >= 0.3 is 0 Å². The van der Waals surface area contributed by atoms with Crippen molar-refractivity contribution in [2.45, 2.75) is 38.6 Å². The van der Waals surface area contributed by atoms with Gasteiger partial charge in [-0.25, -0.2) is 0 Å². The van der Waals surface area contributed by atoms with Crippen LogP contribution in [0, 0.1) is 5.92 Å². The van der Waals surface area contributed by atoms with Crippen molar-refractivity contribution < 1.29 is 9.59 Å². The molecule has 0 aromatic heterocycles. The van der Waals surface area contributed by atoms with Gasteiger partial charge in [0.05, 0.1) is 0 Å². The Hall–Kier alpha value is -1.10. The zero-order valence-corrected chi connectivity index (χ0v) is 11.1. The summed E-state index contributed by atoms with van der Waals surface area (Å²) in [6.45, 7) is 5.43. The van der Waals surface area contributed by atoms with E-state index < -0.39 is 0 Å². The van der Waals surface area contributed by atoms with Gasteiger partial charge in [-0.2, -0.15) is 0 Å². The van der Waals surface area contributed by atoms with Crippen molar-refractivity contribution >= 4 is 11.8 Å². The standard InChI is InChI=1S/C13H23N3O2/c1-10(9-16-6-2-3-13(16)18)15-12(17)7-11-4-5-14-8-11/h10-11,14H,2-9H2,1H3,(H,15,17). The first-order chi connectivity index (χ1) is 8.65. The summed E-state index contributed by atoms with van der Waals surface area (Å²) in [5.41, 5.74) is 0. The van der Waals surface area contributed by atoms with Crippen molar-refractivity contribution in [1.29, 1.82) is 0 Å². The predicted molar refractivity (Wildman–Crippen MR) is 69.0 cm³/mol. The number of hydrogen-bond acceptors (Lipinski definition) is 3. The van der Waals surface area contributed by atoms with Gasteiger partial charge in [-0.05, 0) is 38.8 Å². The van der Waals surface area contributed by atoms with Crippen LogP contribution >= 0.6 is 0 Å². The zero-order valence-electron chi connectivity index (χ0n) is 11.1. The number of amides is 2. The molecule has 0 aliphatic carbocycles. The molecule has 5 heteroatoms. The van der Waals surface area contributed by atoms with Crippen LogP contribution < -0.4 is 10.6 Å². The van der Waals surface area contributed by atoms with E-state index in [0.29, 0.717) is 25.3 Å². The smallest absolute Gasteiger partial charge is 0.222 e. The number of carbonyl (C=O) groups excluding carboxylic acids is 2. The maximum absolute atomic E-state index is 11.8. The lowest BCUT2D eigenvalue weighted by atomic mass is 10.0. The second kappa shape index (κ2) is 6.18. The number of carbonyl (C=O) groups is 2. The van der Waals surface area contributed by atoms with Crippen LogP contribution in [0.4, 0.5) is 0 Å². The summed E-state index contributed by atoms with van der Waals surface area (Å²) in [6, 6.07) is 0.0499. The van der Waals surface area contributed by atoms with Crippen molar-refractivity contribution in [2.75, 3.05) is 26.2 Å². The fraction of sp³-hybridized carbons (Fsp3) is 0.846. The summed E-state index contributed by atoms with van der Waals surface area (Å²) in [5, 5.41) is 6.26. The van der Waals surface area contributed by atoms with Crippen LogP contribution in [0.2, 0.25) is 0 Å². The molecular formula is C13H23N3O2. The van der Waals surface area contributed by atoms with Gasteiger partial charge in [0, 0.05) is 32.0 Å². The highest BCUT2D eigenvalue weighted by molar-refractivity contribution is 5.78. The van der Waals surface area contributed by atoms with Gasteiger partial charge in [-0.15, -0.1) is 0 Å². The molecule has 18 heavy (non-hydrogen) atoms.